The number of nitrogens with zero attached hydrogens (tertiary/aromatic N) is 1. The van der Waals surface area contributed by atoms with Gasteiger partial charge in [-0.3, -0.25) is 0 Å². The summed E-state index contributed by atoms with van der Waals surface area (Å²) in [7, 11) is 0. The molecule has 0 N–H and O–H groups in total. The summed E-state index contributed by atoms with van der Waals surface area (Å²) in [6, 6.07) is 0. The molecule has 0 aromatic heterocycles. The number of aliphatic carboxylic acids is 1. The standard InChI is InChI=1S/C28H57NO2.K/c1-3-5-7-9-11-13-15-17-19-21-25-29(27-23-24-28(30)31)26-22-20-18-16-14-12-10-8-6-4-2;/h3-27H2,1-2H3,(H,30,31);/q;+1/p-1. The number of carboxylic acids is 1. The molecular formula is C28H56KNO2. The number of hydrogen-bond donors (Lipinski definition) is 0. The molecule has 0 rings (SSSR count). The van der Waals surface area contributed by atoms with E-state index in [-0.39, 0.29) is 57.8 Å². The molecule has 0 saturated carbocycles. The molecule has 0 unspecified atom stereocenters. The summed E-state index contributed by atoms with van der Waals surface area (Å²) in [5, 5.41) is 10.7. The van der Waals surface area contributed by atoms with Crippen LogP contribution < -0.4 is 56.5 Å². The fourth-order valence-corrected chi connectivity index (χ4v) is 4.43. The number of rotatable bonds is 26. The second-order valence-corrected chi connectivity index (χ2v) is 9.68. The molecule has 32 heavy (non-hydrogen) atoms. The zero-order valence-electron chi connectivity index (χ0n) is 22.4. The summed E-state index contributed by atoms with van der Waals surface area (Å²) >= 11 is 0. The number of carbonyl (C=O) groups excluding carboxylic acids is 1. The van der Waals surface area contributed by atoms with E-state index in [1.54, 1.807) is 0 Å². The first-order valence-corrected chi connectivity index (χ1v) is 14.1. The topological polar surface area (TPSA) is 43.4 Å². The predicted octanol–water partition coefficient (Wildman–Crippen LogP) is 4.66. The van der Waals surface area contributed by atoms with Gasteiger partial charge in [0.05, 0.1) is 0 Å². The maximum Gasteiger partial charge on any atom is 1.00 e. The summed E-state index contributed by atoms with van der Waals surface area (Å²) in [6.07, 6.45) is 28.3. The smallest absolute Gasteiger partial charge is 0.550 e. The van der Waals surface area contributed by atoms with E-state index in [0.717, 1.165) is 26.1 Å². The van der Waals surface area contributed by atoms with Gasteiger partial charge in [-0.15, -0.1) is 0 Å². The van der Waals surface area contributed by atoms with E-state index < -0.39 is 5.97 Å². The van der Waals surface area contributed by atoms with E-state index in [1.807, 2.05) is 0 Å². The second-order valence-electron chi connectivity index (χ2n) is 9.68. The molecule has 0 saturated heterocycles. The Bertz CT molecular complexity index is 341. The van der Waals surface area contributed by atoms with Crippen LogP contribution in [0.5, 0.6) is 0 Å². The van der Waals surface area contributed by atoms with Crippen LogP contribution in [0.2, 0.25) is 0 Å². The van der Waals surface area contributed by atoms with Gasteiger partial charge in [-0.25, -0.2) is 0 Å². The normalized spacial score (nSPS) is 11.1. The van der Waals surface area contributed by atoms with Crippen molar-refractivity contribution in [3.05, 3.63) is 0 Å². The minimum absolute atomic E-state index is 0. The first kappa shape index (κ1) is 35.2. The van der Waals surface area contributed by atoms with Gasteiger partial charge in [0, 0.05) is 5.97 Å². The average molecular weight is 478 g/mol. The minimum atomic E-state index is -0.905. The Balaban J connectivity index is 0. The average Bonchev–Trinajstić information content (AvgIpc) is 2.75. The maximum atomic E-state index is 10.7. The Kier molecular flexibility index (Phi) is 33.1. The van der Waals surface area contributed by atoms with E-state index in [4.69, 9.17) is 0 Å². The van der Waals surface area contributed by atoms with E-state index in [2.05, 4.69) is 18.7 Å². The molecule has 0 amide bonds. The molecule has 0 heterocycles. The summed E-state index contributed by atoms with van der Waals surface area (Å²) in [5.74, 6) is -0.905. The van der Waals surface area contributed by atoms with Gasteiger partial charge >= 0.3 is 51.4 Å². The summed E-state index contributed by atoms with van der Waals surface area (Å²) < 4.78 is 0. The Morgan fingerprint density at radius 2 is 0.781 bits per heavy atom. The Labute approximate surface area is 244 Å². The molecule has 0 aromatic rings. The number of carbonyl (C=O) groups is 1. The molecular weight excluding hydrogens is 421 g/mol. The largest absolute Gasteiger partial charge is 1.00 e. The summed E-state index contributed by atoms with van der Waals surface area (Å²) in [4.78, 5) is 13.3. The first-order chi connectivity index (χ1) is 15.2. The Morgan fingerprint density at radius 3 is 1.09 bits per heavy atom. The van der Waals surface area contributed by atoms with Crippen molar-refractivity contribution in [1.29, 1.82) is 0 Å². The van der Waals surface area contributed by atoms with E-state index in [0.29, 0.717) is 0 Å². The Hall–Kier alpha value is 1.07. The predicted molar refractivity (Wildman–Crippen MR) is 134 cm³/mol. The third-order valence-corrected chi connectivity index (χ3v) is 6.51. The quantitative estimate of drug-likeness (QED) is 0.134. The summed E-state index contributed by atoms with van der Waals surface area (Å²) in [5.41, 5.74) is 0. The first-order valence-electron chi connectivity index (χ1n) is 14.1. The molecule has 0 aliphatic rings. The molecule has 0 aromatic carbocycles. The van der Waals surface area contributed by atoms with Crippen LogP contribution in [0.4, 0.5) is 0 Å². The van der Waals surface area contributed by atoms with Gasteiger partial charge in [0.25, 0.3) is 0 Å². The van der Waals surface area contributed by atoms with Crippen molar-refractivity contribution in [3.8, 4) is 0 Å². The SMILES string of the molecule is CCCCCCCCCCCCN(CCCCCCCCCCCC)CCCC(=O)[O-].[K+]. The van der Waals surface area contributed by atoms with E-state index in [1.165, 1.54) is 128 Å². The van der Waals surface area contributed by atoms with Crippen molar-refractivity contribution in [1.82, 2.24) is 4.90 Å². The number of carboxylic acid groups (broad SMARTS) is 1. The van der Waals surface area contributed by atoms with E-state index in [9.17, 15) is 9.90 Å². The van der Waals surface area contributed by atoms with Crippen molar-refractivity contribution in [2.75, 3.05) is 19.6 Å². The van der Waals surface area contributed by atoms with Crippen LogP contribution >= 0.6 is 0 Å². The second kappa shape index (κ2) is 30.1. The molecule has 0 fully saturated rings. The minimum Gasteiger partial charge on any atom is -0.550 e. The zero-order valence-corrected chi connectivity index (χ0v) is 25.6. The van der Waals surface area contributed by atoms with Crippen LogP contribution in [-0.4, -0.2) is 30.5 Å². The molecule has 0 aliphatic carbocycles. The number of hydrogen-bond acceptors (Lipinski definition) is 3. The zero-order chi connectivity index (χ0) is 22.8. The number of unbranched alkanes of at least 4 members (excludes halogenated alkanes) is 18. The van der Waals surface area contributed by atoms with Gasteiger partial charge in [0.1, 0.15) is 0 Å². The van der Waals surface area contributed by atoms with E-state index >= 15 is 0 Å². The maximum absolute atomic E-state index is 10.7. The molecule has 0 aliphatic heterocycles. The fraction of sp³-hybridized carbons (Fsp3) is 0.964. The van der Waals surface area contributed by atoms with Gasteiger partial charge in [-0.1, -0.05) is 129 Å². The van der Waals surface area contributed by atoms with Gasteiger partial charge in [0.15, 0.2) is 0 Å². The van der Waals surface area contributed by atoms with Crippen LogP contribution in [0.15, 0.2) is 0 Å². The molecule has 0 spiro atoms. The third-order valence-electron chi connectivity index (χ3n) is 6.51. The Morgan fingerprint density at radius 1 is 0.500 bits per heavy atom. The van der Waals surface area contributed by atoms with Crippen molar-refractivity contribution < 1.29 is 61.3 Å². The molecule has 3 nitrogen and oxygen atoms in total. The van der Waals surface area contributed by atoms with Crippen molar-refractivity contribution >= 4 is 5.97 Å². The molecule has 0 bridgehead atoms. The van der Waals surface area contributed by atoms with Crippen LogP contribution in [0.25, 0.3) is 0 Å². The fourth-order valence-electron chi connectivity index (χ4n) is 4.43. The van der Waals surface area contributed by atoms with Crippen molar-refractivity contribution in [2.24, 2.45) is 0 Å². The van der Waals surface area contributed by atoms with Gasteiger partial charge in [0.2, 0.25) is 0 Å². The van der Waals surface area contributed by atoms with Crippen molar-refractivity contribution in [3.63, 3.8) is 0 Å². The van der Waals surface area contributed by atoms with Crippen LogP contribution in [0.3, 0.4) is 0 Å². The molecule has 0 radical (unpaired) electrons. The van der Waals surface area contributed by atoms with Gasteiger partial charge in [-0.2, -0.15) is 0 Å². The van der Waals surface area contributed by atoms with Gasteiger partial charge < -0.3 is 14.8 Å². The van der Waals surface area contributed by atoms with Crippen LogP contribution in [0, 0.1) is 0 Å². The van der Waals surface area contributed by atoms with Gasteiger partial charge in [-0.05, 0) is 45.3 Å². The monoisotopic (exact) mass is 477 g/mol. The molecule has 4 heteroatoms. The van der Waals surface area contributed by atoms with Crippen LogP contribution in [-0.2, 0) is 4.79 Å². The van der Waals surface area contributed by atoms with Crippen LogP contribution in [0.1, 0.15) is 155 Å². The van der Waals surface area contributed by atoms with Crippen molar-refractivity contribution in [2.45, 2.75) is 155 Å². The molecule has 0 atom stereocenters. The third kappa shape index (κ3) is 29.1. The molecule has 186 valence electrons. The summed E-state index contributed by atoms with van der Waals surface area (Å²) in [6.45, 7) is 7.75.